The molecule has 1 aromatic rings. The number of halogens is 1. The first kappa shape index (κ1) is 19.5. The second-order valence-corrected chi connectivity index (χ2v) is 12.8. The maximum Gasteiger partial charge on any atom is 0.404 e. The first-order valence-corrected chi connectivity index (χ1v) is 11.5. The number of carbonyl (C=O) groups is 1. The first-order valence-electron chi connectivity index (χ1n) is 7.53. The van der Waals surface area contributed by atoms with E-state index in [1.807, 2.05) is 19.1 Å². The molecule has 128 valence electrons. The average Bonchev–Trinajstić information content (AvgIpc) is 2.44. The lowest BCUT2D eigenvalue weighted by Crippen LogP contribution is -2.28. The highest BCUT2D eigenvalue weighted by Gasteiger charge is 2.22. The van der Waals surface area contributed by atoms with E-state index in [1.54, 1.807) is 6.07 Å². The fourth-order valence-electron chi connectivity index (χ4n) is 1.65. The largest absolute Gasteiger partial charge is 0.465 e. The molecule has 0 aromatic heterocycles. The lowest BCUT2D eigenvalue weighted by Gasteiger charge is -2.23. The lowest BCUT2D eigenvalue weighted by molar-refractivity contribution is 0.143. The maximum absolute atomic E-state index is 10.6. The summed E-state index contributed by atoms with van der Waals surface area (Å²) < 4.78 is 0. The van der Waals surface area contributed by atoms with Gasteiger partial charge in [0.15, 0.2) is 0 Å². The third-order valence-electron chi connectivity index (χ3n) is 3.90. The van der Waals surface area contributed by atoms with Gasteiger partial charge in [-0.2, -0.15) is 0 Å². The molecule has 0 spiro atoms. The molecule has 0 aliphatic carbocycles. The molecule has 1 rings (SSSR count). The van der Waals surface area contributed by atoms with Crippen molar-refractivity contribution in [3.05, 3.63) is 34.3 Å². The zero-order valence-corrected chi connectivity index (χ0v) is 16.1. The van der Waals surface area contributed by atoms with Gasteiger partial charge < -0.3 is 15.3 Å². The predicted molar refractivity (Wildman–Crippen MR) is 97.2 cm³/mol. The summed E-state index contributed by atoms with van der Waals surface area (Å²) >= 11 is 6.08. The van der Waals surface area contributed by atoms with Gasteiger partial charge in [0.2, 0.25) is 0 Å². The monoisotopic (exact) mass is 356 g/mol. The normalized spacial score (nSPS) is 13.6. The van der Waals surface area contributed by atoms with Crippen molar-refractivity contribution in [2.75, 3.05) is 6.61 Å². The van der Waals surface area contributed by atoms with E-state index in [1.165, 1.54) is 0 Å². The van der Waals surface area contributed by atoms with Gasteiger partial charge in [0.05, 0.1) is 13.8 Å². The molecule has 7 heteroatoms. The van der Waals surface area contributed by atoms with Crippen LogP contribution >= 0.6 is 11.6 Å². The summed E-state index contributed by atoms with van der Waals surface area (Å²) in [4.78, 5) is 16.1. The number of amides is 1. The number of benzene rings is 1. The standard InChI is InChI=1S/C16H25ClN2O3Si/c1-11(23(3,4)5)10-22-19-12(2)13-6-7-15(17)14(8-13)9-18-16(20)21/h6-8,11,18H,9-10H2,1-5H3,(H,20,21)/b19-12+. The van der Waals surface area contributed by atoms with Crippen LogP contribution in [0.4, 0.5) is 4.79 Å². The summed E-state index contributed by atoms with van der Waals surface area (Å²) in [6, 6.07) is 5.40. The van der Waals surface area contributed by atoms with Crippen LogP contribution in [-0.2, 0) is 11.4 Å². The molecule has 1 atom stereocenters. The van der Waals surface area contributed by atoms with Gasteiger partial charge in [-0.15, -0.1) is 0 Å². The second-order valence-electron chi connectivity index (χ2n) is 6.70. The summed E-state index contributed by atoms with van der Waals surface area (Å²) in [5, 5.41) is 15.7. The van der Waals surface area contributed by atoms with Crippen LogP contribution in [0, 0.1) is 0 Å². The fraction of sp³-hybridized carbons (Fsp3) is 0.500. The van der Waals surface area contributed by atoms with Crippen molar-refractivity contribution in [3.8, 4) is 0 Å². The third-order valence-corrected chi connectivity index (χ3v) is 7.39. The Kier molecular flexibility index (Phi) is 7.09. The van der Waals surface area contributed by atoms with Gasteiger partial charge in [0.1, 0.15) is 6.61 Å². The molecule has 0 heterocycles. The Hall–Kier alpha value is -1.53. The molecular formula is C16H25ClN2O3Si. The number of carboxylic acid groups (broad SMARTS) is 1. The molecule has 0 bridgehead atoms. The number of hydrogen-bond acceptors (Lipinski definition) is 3. The minimum Gasteiger partial charge on any atom is -0.465 e. The van der Waals surface area contributed by atoms with Crippen molar-refractivity contribution in [1.82, 2.24) is 5.32 Å². The van der Waals surface area contributed by atoms with E-state index in [0.717, 1.165) is 11.3 Å². The highest BCUT2D eigenvalue weighted by atomic mass is 35.5. The molecule has 0 aliphatic heterocycles. The van der Waals surface area contributed by atoms with Crippen LogP contribution in [-0.4, -0.2) is 31.6 Å². The van der Waals surface area contributed by atoms with Gasteiger partial charge in [-0.1, -0.05) is 49.4 Å². The quantitative estimate of drug-likeness (QED) is 0.427. The Morgan fingerprint density at radius 1 is 1.43 bits per heavy atom. The first-order chi connectivity index (χ1) is 10.6. The highest BCUT2D eigenvalue weighted by Crippen LogP contribution is 2.21. The summed E-state index contributed by atoms with van der Waals surface area (Å²) in [6.45, 7) is 11.7. The molecule has 23 heavy (non-hydrogen) atoms. The van der Waals surface area contributed by atoms with E-state index in [9.17, 15) is 4.79 Å². The zero-order valence-electron chi connectivity index (χ0n) is 14.3. The molecule has 0 aliphatic rings. The summed E-state index contributed by atoms with van der Waals surface area (Å²) in [6.07, 6.45) is -1.08. The minimum atomic E-state index is -1.23. The van der Waals surface area contributed by atoms with E-state index in [0.29, 0.717) is 22.7 Å². The topological polar surface area (TPSA) is 70.9 Å². The van der Waals surface area contributed by atoms with E-state index in [-0.39, 0.29) is 6.54 Å². The van der Waals surface area contributed by atoms with Crippen molar-refractivity contribution >= 4 is 31.5 Å². The van der Waals surface area contributed by atoms with Gasteiger partial charge in [-0.25, -0.2) is 4.79 Å². The van der Waals surface area contributed by atoms with Crippen LogP contribution in [0.5, 0.6) is 0 Å². The molecule has 1 aromatic carbocycles. The van der Waals surface area contributed by atoms with Gasteiger partial charge in [-0.05, 0) is 35.7 Å². The smallest absolute Gasteiger partial charge is 0.404 e. The van der Waals surface area contributed by atoms with Crippen molar-refractivity contribution < 1.29 is 14.7 Å². The van der Waals surface area contributed by atoms with Crippen molar-refractivity contribution in [1.29, 1.82) is 0 Å². The number of oxime groups is 1. The molecular weight excluding hydrogens is 332 g/mol. The molecule has 0 radical (unpaired) electrons. The fourth-order valence-corrected chi connectivity index (χ4v) is 2.41. The number of nitrogens with one attached hydrogen (secondary N) is 1. The Bertz CT molecular complexity index is 585. The third kappa shape index (κ3) is 6.62. The van der Waals surface area contributed by atoms with E-state index >= 15 is 0 Å². The highest BCUT2D eigenvalue weighted by molar-refractivity contribution is 6.77. The molecule has 1 amide bonds. The van der Waals surface area contributed by atoms with Crippen LogP contribution in [0.3, 0.4) is 0 Å². The Balaban J connectivity index is 2.75. The van der Waals surface area contributed by atoms with Crippen LogP contribution in [0.2, 0.25) is 30.2 Å². The number of rotatable bonds is 7. The Morgan fingerprint density at radius 3 is 2.65 bits per heavy atom. The molecule has 5 nitrogen and oxygen atoms in total. The SMILES string of the molecule is C/C(=N\OCC(C)[Si](C)(C)C)c1ccc(Cl)c(CNC(=O)O)c1. The molecule has 2 N–H and O–H groups in total. The Morgan fingerprint density at radius 2 is 2.09 bits per heavy atom. The number of hydrogen-bond donors (Lipinski definition) is 2. The zero-order chi connectivity index (χ0) is 17.6. The van der Waals surface area contributed by atoms with Crippen LogP contribution in [0.25, 0.3) is 0 Å². The summed E-state index contributed by atoms with van der Waals surface area (Å²) in [5.74, 6) is 0. The van der Waals surface area contributed by atoms with Gasteiger partial charge >= 0.3 is 6.09 Å². The lowest BCUT2D eigenvalue weighted by atomic mass is 10.1. The molecule has 0 saturated heterocycles. The summed E-state index contributed by atoms with van der Waals surface area (Å²) in [5.41, 5.74) is 2.81. The van der Waals surface area contributed by atoms with Gasteiger partial charge in [-0.3, -0.25) is 0 Å². The average molecular weight is 357 g/mol. The van der Waals surface area contributed by atoms with Gasteiger partial charge in [0.25, 0.3) is 0 Å². The molecule has 0 saturated carbocycles. The van der Waals surface area contributed by atoms with Crippen molar-refractivity contribution in [3.63, 3.8) is 0 Å². The van der Waals surface area contributed by atoms with Crippen molar-refractivity contribution in [2.45, 2.75) is 45.6 Å². The van der Waals surface area contributed by atoms with Crippen LogP contribution in [0.15, 0.2) is 23.4 Å². The van der Waals surface area contributed by atoms with Crippen LogP contribution < -0.4 is 5.32 Å². The molecule has 1 unspecified atom stereocenters. The maximum atomic E-state index is 10.6. The Labute approximate surface area is 143 Å². The molecule has 0 fully saturated rings. The van der Waals surface area contributed by atoms with Crippen LogP contribution in [0.1, 0.15) is 25.0 Å². The van der Waals surface area contributed by atoms with Gasteiger partial charge in [0, 0.05) is 11.6 Å². The van der Waals surface area contributed by atoms with E-state index < -0.39 is 14.2 Å². The van der Waals surface area contributed by atoms with E-state index in [4.69, 9.17) is 21.5 Å². The van der Waals surface area contributed by atoms with Crippen molar-refractivity contribution in [2.24, 2.45) is 5.16 Å². The summed E-state index contributed by atoms with van der Waals surface area (Å²) in [7, 11) is -1.23. The second kappa shape index (κ2) is 8.36. The predicted octanol–water partition coefficient (Wildman–Crippen LogP) is 4.58. The number of nitrogens with zero attached hydrogens (tertiary/aromatic N) is 1. The van der Waals surface area contributed by atoms with E-state index in [2.05, 4.69) is 37.0 Å². The minimum absolute atomic E-state index is 0.156.